The predicted octanol–water partition coefficient (Wildman–Crippen LogP) is 6.23. The zero-order valence-corrected chi connectivity index (χ0v) is 19.6. The number of nitrogens with one attached hydrogen (secondary N) is 1. The summed E-state index contributed by atoms with van der Waals surface area (Å²) in [5.74, 6) is -0.162. The molecule has 3 aromatic carbocycles. The molecule has 6 heteroatoms. The maximum atomic E-state index is 12.7. The summed E-state index contributed by atoms with van der Waals surface area (Å²) < 4.78 is 7.35. The topological polar surface area (TPSA) is 59.3 Å². The third-order valence-corrected chi connectivity index (χ3v) is 6.20. The van der Waals surface area contributed by atoms with Crippen LogP contribution in [0, 0.1) is 14.1 Å². The van der Waals surface area contributed by atoms with Crippen LogP contribution in [0.5, 0.6) is 0 Å². The highest BCUT2D eigenvalue weighted by Crippen LogP contribution is 2.27. The van der Waals surface area contributed by atoms with Crippen molar-refractivity contribution < 1.29 is 9.21 Å². The molecule has 0 aliphatic rings. The molecule has 0 unspecified atom stereocenters. The molecule has 4 nitrogen and oxygen atoms in total. The monoisotopic (exact) mass is 607 g/mol. The zero-order chi connectivity index (χ0) is 20.5. The van der Waals surface area contributed by atoms with E-state index in [1.165, 1.54) is 0 Å². The first-order chi connectivity index (χ1) is 13.9. The Morgan fingerprint density at radius 2 is 1.72 bits per heavy atom. The smallest absolute Gasteiger partial charge is 0.344 e. The van der Waals surface area contributed by atoms with E-state index in [9.17, 15) is 9.59 Å². The molecule has 29 heavy (non-hydrogen) atoms. The molecule has 1 amide bonds. The number of para-hydroxylation sites is 1. The van der Waals surface area contributed by atoms with E-state index >= 15 is 0 Å². The first kappa shape index (κ1) is 20.1. The van der Waals surface area contributed by atoms with Gasteiger partial charge in [-0.2, -0.15) is 0 Å². The lowest BCUT2D eigenvalue weighted by atomic mass is 10.0. The molecule has 0 saturated carbocycles. The summed E-state index contributed by atoms with van der Waals surface area (Å²) in [7, 11) is 0. The van der Waals surface area contributed by atoms with Crippen LogP contribution in [0.15, 0.2) is 75.9 Å². The second-order valence-electron chi connectivity index (χ2n) is 6.59. The quantitative estimate of drug-likeness (QED) is 0.222. The van der Waals surface area contributed by atoms with Crippen molar-refractivity contribution in [3.63, 3.8) is 0 Å². The van der Waals surface area contributed by atoms with Crippen molar-refractivity contribution in [3.05, 3.63) is 95.4 Å². The normalized spacial score (nSPS) is 10.9. The van der Waals surface area contributed by atoms with Gasteiger partial charge in [0.1, 0.15) is 5.58 Å². The van der Waals surface area contributed by atoms with Gasteiger partial charge in [0.25, 0.3) is 5.91 Å². The Labute approximate surface area is 194 Å². The van der Waals surface area contributed by atoms with Gasteiger partial charge in [-0.25, -0.2) is 4.79 Å². The molecule has 1 heterocycles. The van der Waals surface area contributed by atoms with Crippen molar-refractivity contribution >= 4 is 67.7 Å². The number of halogens is 2. The average molecular weight is 607 g/mol. The van der Waals surface area contributed by atoms with Gasteiger partial charge >= 0.3 is 5.63 Å². The van der Waals surface area contributed by atoms with Gasteiger partial charge in [-0.1, -0.05) is 24.3 Å². The Morgan fingerprint density at radius 3 is 2.52 bits per heavy atom. The van der Waals surface area contributed by atoms with Crippen LogP contribution in [0.3, 0.4) is 0 Å². The summed E-state index contributed by atoms with van der Waals surface area (Å²) in [4.78, 5) is 25.1. The fourth-order valence-corrected chi connectivity index (χ4v) is 4.23. The molecule has 0 fully saturated rings. The van der Waals surface area contributed by atoms with Crippen LogP contribution < -0.4 is 10.9 Å². The fraction of sp³-hybridized carbons (Fsp3) is 0.0435. The molecule has 0 spiro atoms. The molecule has 0 bridgehead atoms. The minimum atomic E-state index is -0.378. The molecule has 0 aliphatic carbocycles. The maximum absolute atomic E-state index is 12.7. The van der Waals surface area contributed by atoms with E-state index < -0.39 is 0 Å². The maximum Gasteiger partial charge on any atom is 0.344 e. The summed E-state index contributed by atoms with van der Waals surface area (Å²) >= 11 is 4.35. The number of anilines is 1. The van der Waals surface area contributed by atoms with Crippen molar-refractivity contribution in [3.8, 4) is 11.1 Å². The lowest BCUT2D eigenvalue weighted by Crippen LogP contribution is -2.14. The minimum absolute atomic E-state index is 0.162. The van der Waals surface area contributed by atoms with Crippen LogP contribution in [-0.2, 0) is 0 Å². The Hall–Kier alpha value is -2.20. The van der Waals surface area contributed by atoms with Crippen molar-refractivity contribution in [1.82, 2.24) is 0 Å². The van der Waals surface area contributed by atoms with Crippen molar-refractivity contribution in [2.45, 2.75) is 6.92 Å². The SMILES string of the molecule is Cc1cc(NC(=O)c2cc(I)ccc2I)ccc1-c1cc2ccccc2oc1=O. The molecular weight excluding hydrogens is 592 g/mol. The van der Waals surface area contributed by atoms with Gasteiger partial charge in [-0.05, 0) is 106 Å². The molecule has 0 radical (unpaired) electrons. The van der Waals surface area contributed by atoms with Crippen LogP contribution in [0.2, 0.25) is 0 Å². The van der Waals surface area contributed by atoms with Crippen LogP contribution in [0.4, 0.5) is 5.69 Å². The van der Waals surface area contributed by atoms with Crippen LogP contribution in [0.25, 0.3) is 22.1 Å². The van der Waals surface area contributed by atoms with Crippen molar-refractivity contribution in [2.24, 2.45) is 0 Å². The van der Waals surface area contributed by atoms with Gasteiger partial charge in [0.15, 0.2) is 0 Å². The molecule has 0 aliphatic heterocycles. The Bertz CT molecular complexity index is 1310. The second kappa shape index (κ2) is 8.27. The first-order valence-corrected chi connectivity index (χ1v) is 11.0. The van der Waals surface area contributed by atoms with Crippen molar-refractivity contribution in [2.75, 3.05) is 5.32 Å². The molecule has 1 aromatic heterocycles. The van der Waals surface area contributed by atoms with E-state index in [2.05, 4.69) is 50.5 Å². The number of amides is 1. The summed E-state index contributed by atoms with van der Waals surface area (Å²) in [5, 5.41) is 3.81. The number of fused-ring (bicyclic) bond motifs is 1. The summed E-state index contributed by atoms with van der Waals surface area (Å²) in [5.41, 5.74) is 3.66. The van der Waals surface area contributed by atoms with Gasteiger partial charge in [0.05, 0.1) is 11.1 Å². The Balaban J connectivity index is 1.67. The number of carbonyl (C=O) groups excluding carboxylic acids is 1. The Morgan fingerprint density at radius 1 is 0.931 bits per heavy atom. The lowest BCUT2D eigenvalue weighted by Gasteiger charge is -2.11. The predicted molar refractivity (Wildman–Crippen MR) is 132 cm³/mol. The van der Waals surface area contributed by atoms with Crippen LogP contribution in [0.1, 0.15) is 15.9 Å². The van der Waals surface area contributed by atoms with Gasteiger partial charge in [-0.3, -0.25) is 4.79 Å². The standard InChI is InChI=1S/C23H15I2NO3/c1-13-10-16(26-22(27)19-12-15(24)6-9-20(19)25)7-8-17(13)18-11-14-4-2-3-5-21(14)29-23(18)28/h2-12H,1H3,(H,26,27). The van der Waals surface area contributed by atoms with Gasteiger partial charge < -0.3 is 9.73 Å². The largest absolute Gasteiger partial charge is 0.422 e. The molecular formula is C23H15I2NO3. The number of hydrogen-bond acceptors (Lipinski definition) is 3. The number of hydrogen-bond donors (Lipinski definition) is 1. The van der Waals surface area contributed by atoms with Crippen LogP contribution >= 0.6 is 45.2 Å². The lowest BCUT2D eigenvalue weighted by molar-refractivity contribution is 0.102. The highest BCUT2D eigenvalue weighted by Gasteiger charge is 2.14. The van der Waals surface area contributed by atoms with Gasteiger partial charge in [0, 0.05) is 18.2 Å². The molecule has 0 atom stereocenters. The highest BCUT2D eigenvalue weighted by molar-refractivity contribution is 14.1. The third-order valence-electron chi connectivity index (χ3n) is 4.59. The number of aryl methyl sites for hydroxylation is 1. The van der Waals surface area contributed by atoms with E-state index in [4.69, 9.17) is 4.42 Å². The fourth-order valence-electron chi connectivity index (χ4n) is 3.16. The second-order valence-corrected chi connectivity index (χ2v) is 9.00. The Kier molecular flexibility index (Phi) is 5.73. The number of rotatable bonds is 3. The minimum Gasteiger partial charge on any atom is -0.422 e. The van der Waals surface area contributed by atoms with Crippen molar-refractivity contribution in [1.29, 1.82) is 0 Å². The average Bonchev–Trinajstić information content (AvgIpc) is 2.69. The van der Waals surface area contributed by atoms with E-state index in [1.807, 2.05) is 61.5 Å². The van der Waals surface area contributed by atoms with Crippen LogP contribution in [-0.4, -0.2) is 5.91 Å². The summed E-state index contributed by atoms with van der Waals surface area (Å²) in [6.45, 7) is 1.91. The van der Waals surface area contributed by atoms with Gasteiger partial charge in [-0.15, -0.1) is 0 Å². The number of carbonyl (C=O) groups is 1. The number of benzene rings is 3. The van der Waals surface area contributed by atoms with E-state index in [-0.39, 0.29) is 11.5 Å². The summed E-state index contributed by atoms with van der Waals surface area (Å²) in [6.07, 6.45) is 0. The zero-order valence-electron chi connectivity index (χ0n) is 15.3. The third kappa shape index (κ3) is 4.23. The molecule has 144 valence electrons. The highest BCUT2D eigenvalue weighted by atomic mass is 127. The molecule has 1 N–H and O–H groups in total. The van der Waals surface area contributed by atoms with E-state index in [1.54, 1.807) is 12.1 Å². The van der Waals surface area contributed by atoms with Gasteiger partial charge in [0.2, 0.25) is 0 Å². The molecule has 4 aromatic rings. The molecule has 0 saturated heterocycles. The first-order valence-electron chi connectivity index (χ1n) is 8.83. The summed E-state index contributed by atoms with van der Waals surface area (Å²) in [6, 6.07) is 20.5. The molecule has 4 rings (SSSR count). The van der Waals surface area contributed by atoms with E-state index in [0.717, 1.165) is 23.7 Å². The van der Waals surface area contributed by atoms with E-state index in [0.29, 0.717) is 22.4 Å².